The lowest BCUT2D eigenvalue weighted by Gasteiger charge is -2.36. The van der Waals surface area contributed by atoms with Crippen LogP contribution in [-0.2, 0) is 19.2 Å². The fraction of sp³-hybridized carbons (Fsp3) is 0.333. The van der Waals surface area contributed by atoms with Crippen LogP contribution in [0.25, 0.3) is 22.0 Å². The standard InChI is InChI=1S/C39H38ClF2N9O9/c1-48(13-12-43-23-6-2-4-19-28(23)36(57)51(35(19)56)24-8-9-26(53)45-34(24)55)27(54)10-11-44-39-46-32-20(33(47-39)49-14-16-50(17-15-49)37(58)38(59)60)18-21(40)29(31(32)42)30-22(41)5-3-7-25(30)52/h2-7,18,24,38,43,52,59-60H,8-17H2,1H3,(H,44,46,47)(H,45,53,55). The first-order valence-electron chi connectivity index (χ1n) is 18.8. The van der Waals surface area contributed by atoms with Gasteiger partial charge in [-0.3, -0.25) is 39.0 Å². The van der Waals surface area contributed by atoms with Crippen molar-refractivity contribution in [2.45, 2.75) is 31.6 Å². The zero-order valence-electron chi connectivity index (χ0n) is 31.9. The van der Waals surface area contributed by atoms with E-state index in [-0.39, 0.29) is 110 Å². The summed E-state index contributed by atoms with van der Waals surface area (Å²) < 4.78 is 31.4. The third-order valence-corrected chi connectivity index (χ3v) is 10.8. The summed E-state index contributed by atoms with van der Waals surface area (Å²) in [6, 6.07) is 8.34. The van der Waals surface area contributed by atoms with Crippen molar-refractivity contribution in [3.8, 4) is 16.9 Å². The number of nitrogens with one attached hydrogen (secondary N) is 3. The van der Waals surface area contributed by atoms with E-state index >= 15 is 4.39 Å². The zero-order valence-corrected chi connectivity index (χ0v) is 32.6. The molecular formula is C39H38ClF2N9O9. The van der Waals surface area contributed by atoms with Gasteiger partial charge in [-0.05, 0) is 36.8 Å². The second-order valence-corrected chi connectivity index (χ2v) is 14.6. The molecule has 1 aromatic heterocycles. The molecule has 7 rings (SSSR count). The number of imide groups is 2. The van der Waals surface area contributed by atoms with Gasteiger partial charge in [-0.2, -0.15) is 4.98 Å². The van der Waals surface area contributed by atoms with Gasteiger partial charge in [0.15, 0.2) is 5.82 Å². The molecular weight excluding hydrogens is 812 g/mol. The number of benzene rings is 3. The van der Waals surface area contributed by atoms with E-state index < -0.39 is 70.4 Å². The Balaban J connectivity index is 1.04. The number of piperazine rings is 1. The molecule has 1 unspecified atom stereocenters. The molecule has 4 heterocycles. The molecule has 60 heavy (non-hydrogen) atoms. The predicted octanol–water partition coefficient (Wildman–Crippen LogP) is 1.67. The highest BCUT2D eigenvalue weighted by molar-refractivity contribution is 6.34. The summed E-state index contributed by atoms with van der Waals surface area (Å²) in [5, 5.41) is 37.3. The van der Waals surface area contributed by atoms with Gasteiger partial charge in [0.2, 0.25) is 30.0 Å². The molecule has 1 atom stereocenters. The Morgan fingerprint density at radius 1 is 0.967 bits per heavy atom. The van der Waals surface area contributed by atoms with E-state index in [1.807, 2.05) is 0 Å². The van der Waals surface area contributed by atoms with Crippen molar-refractivity contribution in [1.29, 1.82) is 0 Å². The largest absolute Gasteiger partial charge is 0.507 e. The Morgan fingerprint density at radius 2 is 1.70 bits per heavy atom. The van der Waals surface area contributed by atoms with Crippen LogP contribution in [0.15, 0.2) is 42.5 Å². The number of phenols is 1. The number of carbonyl (C=O) groups excluding carboxylic acids is 6. The number of rotatable bonds is 12. The molecule has 18 nitrogen and oxygen atoms in total. The van der Waals surface area contributed by atoms with E-state index in [0.717, 1.165) is 11.0 Å². The normalized spacial score (nSPS) is 16.7. The van der Waals surface area contributed by atoms with Crippen LogP contribution in [0, 0.1) is 11.6 Å². The number of hydrogen-bond donors (Lipinski definition) is 6. The number of carbonyl (C=O) groups is 6. The number of phenolic OH excluding ortho intramolecular Hbond substituents is 1. The topological polar surface area (TPSA) is 238 Å². The fourth-order valence-electron chi connectivity index (χ4n) is 7.41. The number of likely N-dealkylation sites (N-methyl/N-ethyl adjacent to an activating group) is 1. The molecule has 0 spiro atoms. The predicted molar refractivity (Wildman–Crippen MR) is 211 cm³/mol. The van der Waals surface area contributed by atoms with Gasteiger partial charge in [-0.1, -0.05) is 23.7 Å². The fourth-order valence-corrected chi connectivity index (χ4v) is 7.70. The monoisotopic (exact) mass is 849 g/mol. The molecule has 3 aliphatic heterocycles. The van der Waals surface area contributed by atoms with Gasteiger partial charge in [0, 0.05) is 82.3 Å². The van der Waals surface area contributed by atoms with Gasteiger partial charge in [0.25, 0.3) is 17.7 Å². The maximum Gasteiger partial charge on any atom is 0.279 e. The van der Waals surface area contributed by atoms with Gasteiger partial charge in [-0.15, -0.1) is 0 Å². The summed E-state index contributed by atoms with van der Waals surface area (Å²) in [7, 11) is 1.56. The summed E-state index contributed by atoms with van der Waals surface area (Å²) >= 11 is 6.52. The van der Waals surface area contributed by atoms with E-state index in [2.05, 4.69) is 25.9 Å². The minimum absolute atomic E-state index is 0.0135. The molecule has 3 aliphatic rings. The lowest BCUT2D eigenvalue weighted by molar-refractivity contribution is -0.159. The number of aromatic hydroxyl groups is 1. The molecule has 0 bridgehead atoms. The summed E-state index contributed by atoms with van der Waals surface area (Å²) in [4.78, 5) is 90.2. The van der Waals surface area contributed by atoms with E-state index in [1.54, 1.807) is 24.1 Å². The van der Waals surface area contributed by atoms with Crippen molar-refractivity contribution in [2.75, 3.05) is 68.4 Å². The third kappa shape index (κ3) is 7.95. The quantitative estimate of drug-likeness (QED) is 0.0879. The third-order valence-electron chi connectivity index (χ3n) is 10.5. The van der Waals surface area contributed by atoms with Crippen LogP contribution in [0.1, 0.15) is 40.0 Å². The number of halogens is 3. The lowest BCUT2D eigenvalue weighted by atomic mass is 10.0. The van der Waals surface area contributed by atoms with Crippen molar-refractivity contribution >= 4 is 75.4 Å². The number of nitrogens with zero attached hydrogens (tertiary/aromatic N) is 6. The van der Waals surface area contributed by atoms with Crippen LogP contribution in [-0.4, -0.2) is 141 Å². The number of hydrogen-bond acceptors (Lipinski definition) is 14. The molecule has 0 radical (unpaired) electrons. The molecule has 3 aromatic carbocycles. The first-order chi connectivity index (χ1) is 28.7. The SMILES string of the molecule is CN(CCNc1cccc2c1C(=O)N(C1CCC(=O)NC1=O)C2=O)C(=O)CCNc1nc(N2CCN(C(=O)C(O)O)CC2)c2cc(Cl)c(-c3c(O)cccc3F)c(F)c2n1. The number of piperidine rings is 1. The van der Waals surface area contributed by atoms with Crippen LogP contribution >= 0.6 is 11.6 Å². The summed E-state index contributed by atoms with van der Waals surface area (Å²) in [5.41, 5.74) is -0.676. The number of aromatic nitrogens is 2. The first-order valence-corrected chi connectivity index (χ1v) is 19.2. The summed E-state index contributed by atoms with van der Waals surface area (Å²) in [6.07, 6.45) is -2.26. The van der Waals surface area contributed by atoms with Gasteiger partial charge in [-0.25, -0.2) is 13.8 Å². The zero-order chi connectivity index (χ0) is 43.0. The number of amides is 6. The van der Waals surface area contributed by atoms with E-state index in [1.165, 1.54) is 34.1 Å². The van der Waals surface area contributed by atoms with E-state index in [4.69, 9.17) is 11.6 Å². The van der Waals surface area contributed by atoms with Crippen molar-refractivity contribution < 1.29 is 52.9 Å². The number of fused-ring (bicyclic) bond motifs is 2. The van der Waals surface area contributed by atoms with E-state index in [0.29, 0.717) is 5.69 Å². The molecule has 2 fully saturated rings. The van der Waals surface area contributed by atoms with E-state index in [9.17, 15) is 48.5 Å². The maximum atomic E-state index is 16.5. The first kappa shape index (κ1) is 41.6. The summed E-state index contributed by atoms with van der Waals surface area (Å²) in [6.45, 7) is 0.737. The Bertz CT molecular complexity index is 2430. The number of aliphatic hydroxyl groups is 2. The highest BCUT2D eigenvalue weighted by atomic mass is 35.5. The Kier molecular flexibility index (Phi) is 11.8. The van der Waals surface area contributed by atoms with Gasteiger partial charge >= 0.3 is 0 Å². The van der Waals surface area contributed by atoms with Crippen LogP contribution in [0.2, 0.25) is 5.02 Å². The van der Waals surface area contributed by atoms with Crippen molar-refractivity contribution in [3.05, 3.63) is 70.2 Å². The van der Waals surface area contributed by atoms with Crippen molar-refractivity contribution in [3.63, 3.8) is 0 Å². The average Bonchev–Trinajstić information content (AvgIpc) is 3.47. The van der Waals surface area contributed by atoms with Crippen LogP contribution < -0.4 is 20.9 Å². The van der Waals surface area contributed by atoms with Gasteiger partial charge in [0.05, 0.1) is 21.7 Å². The highest BCUT2D eigenvalue weighted by Crippen LogP contribution is 2.42. The van der Waals surface area contributed by atoms with Crippen LogP contribution in [0.5, 0.6) is 5.75 Å². The molecule has 2 saturated heterocycles. The highest BCUT2D eigenvalue weighted by Gasteiger charge is 2.45. The van der Waals surface area contributed by atoms with Crippen molar-refractivity contribution in [1.82, 2.24) is 30.0 Å². The smallest absolute Gasteiger partial charge is 0.279 e. The Morgan fingerprint density at radius 3 is 2.40 bits per heavy atom. The molecule has 6 amide bonds. The van der Waals surface area contributed by atoms with Crippen LogP contribution in [0.3, 0.4) is 0 Å². The van der Waals surface area contributed by atoms with Gasteiger partial charge in [0.1, 0.15) is 28.9 Å². The molecule has 6 N–H and O–H groups in total. The molecule has 21 heteroatoms. The average molecular weight is 850 g/mol. The molecule has 314 valence electrons. The maximum absolute atomic E-state index is 16.5. The molecule has 0 aliphatic carbocycles. The summed E-state index contributed by atoms with van der Waals surface area (Å²) in [5.74, 6) is -6.18. The Hall–Kier alpha value is -6.51. The Labute approximate surface area is 344 Å². The minimum atomic E-state index is -2.19. The van der Waals surface area contributed by atoms with Crippen LogP contribution in [0.4, 0.5) is 26.2 Å². The lowest BCUT2D eigenvalue weighted by Crippen LogP contribution is -2.54. The van der Waals surface area contributed by atoms with Crippen molar-refractivity contribution in [2.24, 2.45) is 0 Å². The molecule has 0 saturated carbocycles. The second kappa shape index (κ2) is 17.0. The van der Waals surface area contributed by atoms with Gasteiger partial charge < -0.3 is 40.7 Å². The molecule has 4 aromatic rings. The number of anilines is 3. The minimum Gasteiger partial charge on any atom is -0.507 e. The number of aliphatic hydroxyl groups excluding tert-OH is 1. The second-order valence-electron chi connectivity index (χ2n) is 14.2.